The molecule has 0 aliphatic heterocycles. The molecule has 0 bridgehead atoms. The summed E-state index contributed by atoms with van der Waals surface area (Å²) in [5, 5.41) is 9.56. The molecular weight excluding hydrogens is 336 g/mol. The number of benzene rings is 2. The van der Waals surface area contributed by atoms with Gasteiger partial charge in [0.15, 0.2) is 5.82 Å². The highest BCUT2D eigenvalue weighted by molar-refractivity contribution is 7.89. The Kier molecular flexibility index (Phi) is 5.12. The molecule has 0 spiro atoms. The molecule has 1 atom stereocenters. The Balaban J connectivity index is 2.12. The van der Waals surface area contributed by atoms with Crippen LogP contribution in [-0.4, -0.2) is 20.1 Å². The van der Waals surface area contributed by atoms with Gasteiger partial charge in [-0.2, -0.15) is 0 Å². The molecule has 0 radical (unpaired) electrons. The maximum absolute atomic E-state index is 13.7. The van der Waals surface area contributed by atoms with E-state index < -0.39 is 32.7 Å². The van der Waals surface area contributed by atoms with Crippen LogP contribution in [0.25, 0.3) is 0 Å². The second-order valence-electron chi connectivity index (χ2n) is 4.47. The summed E-state index contributed by atoms with van der Waals surface area (Å²) in [4.78, 5) is -0.605. The highest BCUT2D eigenvalue weighted by atomic mass is 35.5. The molecule has 8 heteroatoms. The predicted molar refractivity (Wildman–Crippen MR) is 78.0 cm³/mol. The van der Waals surface area contributed by atoms with E-state index in [9.17, 15) is 22.3 Å². The van der Waals surface area contributed by atoms with Crippen molar-refractivity contribution < 1.29 is 22.3 Å². The van der Waals surface area contributed by atoms with E-state index in [1.165, 1.54) is 24.3 Å². The standard InChI is InChI=1S/C14H12ClF2NO3S/c15-11-2-1-3-13(14(11)17)22(20,21)18-8-12(19)9-4-6-10(16)7-5-9/h1-7,12,18-19H,8H2. The average Bonchev–Trinajstić information content (AvgIpc) is 2.48. The average molecular weight is 348 g/mol. The lowest BCUT2D eigenvalue weighted by molar-refractivity contribution is 0.182. The van der Waals surface area contributed by atoms with Crippen LogP contribution in [0.3, 0.4) is 0 Å². The van der Waals surface area contributed by atoms with Crippen molar-refractivity contribution in [2.75, 3.05) is 6.54 Å². The number of hydrogen-bond donors (Lipinski definition) is 2. The molecule has 0 fully saturated rings. The van der Waals surface area contributed by atoms with Gasteiger partial charge >= 0.3 is 0 Å². The Labute approximate surface area is 131 Å². The molecule has 4 nitrogen and oxygen atoms in total. The van der Waals surface area contributed by atoms with E-state index in [4.69, 9.17) is 11.6 Å². The number of sulfonamides is 1. The quantitative estimate of drug-likeness (QED) is 0.873. The van der Waals surface area contributed by atoms with Crippen molar-refractivity contribution in [2.24, 2.45) is 0 Å². The largest absolute Gasteiger partial charge is 0.387 e. The fourth-order valence-corrected chi connectivity index (χ4v) is 3.13. The topological polar surface area (TPSA) is 66.4 Å². The maximum atomic E-state index is 13.7. The van der Waals surface area contributed by atoms with Crippen molar-refractivity contribution in [1.82, 2.24) is 4.72 Å². The summed E-state index contributed by atoms with van der Waals surface area (Å²) in [6, 6.07) is 8.53. The van der Waals surface area contributed by atoms with Gasteiger partial charge in [-0.1, -0.05) is 29.8 Å². The Morgan fingerprint density at radius 3 is 2.41 bits per heavy atom. The Bertz CT molecular complexity index is 766. The molecule has 2 N–H and O–H groups in total. The molecule has 118 valence electrons. The first-order valence-electron chi connectivity index (χ1n) is 6.18. The fraction of sp³-hybridized carbons (Fsp3) is 0.143. The van der Waals surface area contributed by atoms with E-state index in [2.05, 4.69) is 4.72 Å². The summed E-state index contributed by atoms with van der Waals surface area (Å²) in [6.45, 7) is -0.389. The van der Waals surface area contributed by atoms with Crippen molar-refractivity contribution in [2.45, 2.75) is 11.0 Å². The second-order valence-corrected chi connectivity index (χ2v) is 6.61. The predicted octanol–water partition coefficient (Wildman–Crippen LogP) is 2.63. The summed E-state index contributed by atoms with van der Waals surface area (Å²) in [5.41, 5.74) is 0.329. The molecule has 0 amide bonds. The van der Waals surface area contributed by atoms with Crippen molar-refractivity contribution in [1.29, 1.82) is 0 Å². The molecule has 1 unspecified atom stereocenters. The lowest BCUT2D eigenvalue weighted by atomic mass is 10.1. The zero-order valence-corrected chi connectivity index (χ0v) is 12.7. The van der Waals surface area contributed by atoms with E-state index in [0.29, 0.717) is 5.56 Å². The first kappa shape index (κ1) is 16.8. The second kappa shape index (κ2) is 6.70. The zero-order valence-electron chi connectivity index (χ0n) is 11.1. The SMILES string of the molecule is O=S(=O)(NCC(O)c1ccc(F)cc1)c1cccc(Cl)c1F. The van der Waals surface area contributed by atoms with Gasteiger partial charge in [-0.15, -0.1) is 0 Å². The van der Waals surface area contributed by atoms with E-state index in [-0.39, 0.29) is 11.6 Å². The molecule has 0 aromatic heterocycles. The van der Waals surface area contributed by atoms with Gasteiger partial charge in [0.05, 0.1) is 11.1 Å². The molecule has 0 saturated carbocycles. The molecule has 22 heavy (non-hydrogen) atoms. The molecule has 2 rings (SSSR count). The fourth-order valence-electron chi connectivity index (χ4n) is 1.76. The van der Waals surface area contributed by atoms with Crippen molar-refractivity contribution in [3.63, 3.8) is 0 Å². The van der Waals surface area contributed by atoms with Gasteiger partial charge in [0.2, 0.25) is 10.0 Å². The molecule has 2 aromatic rings. The van der Waals surface area contributed by atoms with Crippen molar-refractivity contribution in [3.8, 4) is 0 Å². The van der Waals surface area contributed by atoms with Gasteiger partial charge in [-0.05, 0) is 29.8 Å². The van der Waals surface area contributed by atoms with Crippen LogP contribution in [-0.2, 0) is 10.0 Å². The summed E-state index contributed by atoms with van der Waals surface area (Å²) >= 11 is 5.54. The third kappa shape index (κ3) is 3.80. The van der Waals surface area contributed by atoms with Gasteiger partial charge in [-0.25, -0.2) is 21.9 Å². The third-order valence-electron chi connectivity index (χ3n) is 2.93. The number of nitrogens with one attached hydrogen (secondary N) is 1. The minimum atomic E-state index is -4.17. The lowest BCUT2D eigenvalue weighted by Gasteiger charge is -2.13. The van der Waals surface area contributed by atoms with Crippen LogP contribution in [0.5, 0.6) is 0 Å². The van der Waals surface area contributed by atoms with E-state index >= 15 is 0 Å². The van der Waals surface area contributed by atoms with E-state index in [0.717, 1.165) is 18.2 Å². The molecule has 0 aliphatic rings. The molecular formula is C14H12ClF2NO3S. The van der Waals surface area contributed by atoms with Crippen LogP contribution in [0.4, 0.5) is 8.78 Å². The highest BCUT2D eigenvalue weighted by Gasteiger charge is 2.21. The summed E-state index contributed by atoms with van der Waals surface area (Å²) < 4.78 is 52.6. The lowest BCUT2D eigenvalue weighted by Crippen LogP contribution is -2.29. The number of aliphatic hydroxyl groups excluding tert-OH is 1. The van der Waals surface area contributed by atoms with Crippen LogP contribution in [0, 0.1) is 11.6 Å². The monoisotopic (exact) mass is 347 g/mol. The van der Waals surface area contributed by atoms with E-state index in [1.54, 1.807) is 0 Å². The van der Waals surface area contributed by atoms with Crippen LogP contribution >= 0.6 is 11.6 Å². The van der Waals surface area contributed by atoms with Gasteiger partial charge in [0.1, 0.15) is 10.7 Å². The van der Waals surface area contributed by atoms with Crippen LogP contribution in [0.15, 0.2) is 47.4 Å². The summed E-state index contributed by atoms with van der Waals surface area (Å²) in [5.74, 6) is -1.54. The summed E-state index contributed by atoms with van der Waals surface area (Å²) in [6.07, 6.45) is -1.20. The highest BCUT2D eigenvalue weighted by Crippen LogP contribution is 2.22. The van der Waals surface area contributed by atoms with Gasteiger partial charge in [0, 0.05) is 6.54 Å². The minimum Gasteiger partial charge on any atom is -0.387 e. The number of halogens is 3. The minimum absolute atomic E-state index is 0.318. The normalized spacial score (nSPS) is 13.1. The molecule has 2 aromatic carbocycles. The smallest absolute Gasteiger partial charge is 0.243 e. The van der Waals surface area contributed by atoms with Gasteiger partial charge < -0.3 is 5.11 Å². The third-order valence-corrected chi connectivity index (χ3v) is 4.66. The van der Waals surface area contributed by atoms with Crippen molar-refractivity contribution in [3.05, 3.63) is 64.7 Å². The van der Waals surface area contributed by atoms with Gasteiger partial charge in [-0.3, -0.25) is 0 Å². The van der Waals surface area contributed by atoms with Crippen molar-refractivity contribution >= 4 is 21.6 Å². The number of rotatable bonds is 5. The molecule has 0 aliphatic carbocycles. The Morgan fingerprint density at radius 1 is 1.14 bits per heavy atom. The number of aliphatic hydroxyl groups is 1. The number of hydrogen-bond acceptors (Lipinski definition) is 3. The summed E-state index contributed by atoms with van der Waals surface area (Å²) in [7, 11) is -4.17. The van der Waals surface area contributed by atoms with Crippen LogP contribution < -0.4 is 4.72 Å². The molecule has 0 saturated heterocycles. The Hall–Kier alpha value is -1.54. The molecule has 0 heterocycles. The van der Waals surface area contributed by atoms with Crippen LogP contribution in [0.1, 0.15) is 11.7 Å². The van der Waals surface area contributed by atoms with Crippen LogP contribution in [0.2, 0.25) is 5.02 Å². The zero-order chi connectivity index (χ0) is 16.3. The Morgan fingerprint density at radius 2 is 1.77 bits per heavy atom. The first-order valence-corrected chi connectivity index (χ1v) is 8.04. The van der Waals surface area contributed by atoms with E-state index in [1.807, 2.05) is 0 Å². The van der Waals surface area contributed by atoms with Gasteiger partial charge in [0.25, 0.3) is 0 Å². The first-order chi connectivity index (χ1) is 10.3. The maximum Gasteiger partial charge on any atom is 0.243 e.